The maximum Gasteiger partial charge on any atom is 0.220 e. The molecule has 0 saturated carbocycles. The Hall–Kier alpha value is -4.25. The van der Waals surface area contributed by atoms with E-state index < -0.39 is 0 Å². The number of carbonyl (C=O) groups excluding carboxylic acids is 1. The van der Waals surface area contributed by atoms with Crippen molar-refractivity contribution in [1.82, 2.24) is 19.7 Å². The molecule has 0 unspecified atom stereocenters. The van der Waals surface area contributed by atoms with E-state index >= 15 is 0 Å². The number of amides is 1. The third kappa shape index (κ3) is 5.30. The van der Waals surface area contributed by atoms with Gasteiger partial charge >= 0.3 is 0 Å². The fraction of sp³-hybridized carbons (Fsp3) is 0.167. The molecule has 0 spiro atoms. The highest BCUT2D eigenvalue weighted by atomic mass is 16.1. The molecule has 174 valence electrons. The summed E-state index contributed by atoms with van der Waals surface area (Å²) in [5, 5.41) is 3.04. The number of nitrogens with one attached hydrogen (secondary N) is 1. The van der Waals surface area contributed by atoms with Crippen molar-refractivity contribution in [1.29, 1.82) is 0 Å². The summed E-state index contributed by atoms with van der Waals surface area (Å²) in [5.74, 6) is 0.0324. The number of benzene rings is 2. The van der Waals surface area contributed by atoms with Gasteiger partial charge < -0.3 is 9.72 Å². The first kappa shape index (κ1) is 22.5. The molecule has 2 aromatic carbocycles. The molecule has 0 bridgehead atoms. The molecule has 0 saturated heterocycles. The van der Waals surface area contributed by atoms with Crippen LogP contribution in [0.25, 0.3) is 28.0 Å². The number of carbonyl (C=O) groups is 1. The Morgan fingerprint density at radius 3 is 2.37 bits per heavy atom. The van der Waals surface area contributed by atoms with Gasteiger partial charge in [0.15, 0.2) is 0 Å². The number of fused-ring (bicyclic) bond motifs is 1. The Kier molecular flexibility index (Phi) is 6.66. The van der Waals surface area contributed by atoms with Crippen molar-refractivity contribution in [2.24, 2.45) is 0 Å². The van der Waals surface area contributed by atoms with Crippen LogP contribution in [0.1, 0.15) is 23.4 Å². The first-order chi connectivity index (χ1) is 17.2. The van der Waals surface area contributed by atoms with Crippen molar-refractivity contribution < 1.29 is 4.79 Å². The molecule has 5 aromatic rings. The Labute approximate surface area is 205 Å². The highest BCUT2D eigenvalue weighted by molar-refractivity contribution is 5.77. The van der Waals surface area contributed by atoms with Crippen molar-refractivity contribution in [2.45, 2.75) is 26.2 Å². The number of hydrogen-bond donors (Lipinski definition) is 1. The van der Waals surface area contributed by atoms with Crippen LogP contribution in [0, 0.1) is 6.92 Å². The van der Waals surface area contributed by atoms with Crippen LogP contribution in [0.15, 0.2) is 97.3 Å². The van der Waals surface area contributed by atoms with Crippen LogP contribution in [-0.2, 0) is 17.6 Å². The van der Waals surface area contributed by atoms with Gasteiger partial charge in [0.1, 0.15) is 5.65 Å². The van der Waals surface area contributed by atoms with E-state index in [0.29, 0.717) is 19.4 Å². The molecule has 1 amide bonds. The molecule has 0 fully saturated rings. The molecule has 0 aliphatic rings. The van der Waals surface area contributed by atoms with Gasteiger partial charge in [-0.1, -0.05) is 66.2 Å². The Bertz CT molecular complexity index is 1420. The van der Waals surface area contributed by atoms with Gasteiger partial charge in [-0.2, -0.15) is 0 Å². The van der Waals surface area contributed by atoms with E-state index in [9.17, 15) is 4.79 Å². The second kappa shape index (κ2) is 10.3. The Morgan fingerprint density at radius 2 is 1.60 bits per heavy atom. The maximum atomic E-state index is 12.7. The molecule has 1 N–H and O–H groups in total. The largest absolute Gasteiger partial charge is 0.356 e. The van der Waals surface area contributed by atoms with Gasteiger partial charge in [-0.25, -0.2) is 4.98 Å². The summed E-state index contributed by atoms with van der Waals surface area (Å²) in [6.07, 6.45) is 5.61. The number of hydrogen-bond acceptors (Lipinski definition) is 3. The highest BCUT2D eigenvalue weighted by Gasteiger charge is 2.16. The first-order valence-corrected chi connectivity index (χ1v) is 12.0. The lowest BCUT2D eigenvalue weighted by molar-refractivity contribution is -0.121. The van der Waals surface area contributed by atoms with E-state index in [1.807, 2.05) is 36.4 Å². The van der Waals surface area contributed by atoms with Gasteiger partial charge in [-0.15, -0.1) is 0 Å². The molecule has 5 heteroatoms. The summed E-state index contributed by atoms with van der Waals surface area (Å²) in [5.41, 5.74) is 8.36. The standard InChI is InChI=1S/C30H28N4O/c1-22-10-12-24(13-11-22)30-27(15-17-29(35)32-20-18-26-9-5-6-19-31-26)34-21-25(14-16-28(34)33-30)23-7-3-2-4-8-23/h2-14,16,19,21H,15,17-18,20H2,1H3,(H,32,35). The van der Waals surface area contributed by atoms with Crippen LogP contribution in [0.2, 0.25) is 0 Å². The quantitative estimate of drug-likeness (QED) is 0.325. The van der Waals surface area contributed by atoms with Crippen LogP contribution < -0.4 is 5.32 Å². The number of aromatic nitrogens is 3. The summed E-state index contributed by atoms with van der Waals surface area (Å²) in [7, 11) is 0. The normalized spacial score (nSPS) is 11.0. The monoisotopic (exact) mass is 460 g/mol. The van der Waals surface area contributed by atoms with Crippen molar-refractivity contribution in [3.05, 3.63) is 114 Å². The number of pyridine rings is 2. The minimum Gasteiger partial charge on any atom is -0.356 e. The van der Waals surface area contributed by atoms with Crippen molar-refractivity contribution in [2.75, 3.05) is 6.54 Å². The topological polar surface area (TPSA) is 59.3 Å². The Morgan fingerprint density at radius 1 is 0.829 bits per heavy atom. The van der Waals surface area contributed by atoms with Crippen LogP contribution in [0.4, 0.5) is 0 Å². The molecule has 5 rings (SSSR count). The average molecular weight is 461 g/mol. The molecular formula is C30H28N4O. The zero-order chi connectivity index (χ0) is 24.0. The van der Waals surface area contributed by atoms with Crippen LogP contribution in [0.3, 0.4) is 0 Å². The van der Waals surface area contributed by atoms with Crippen molar-refractivity contribution >= 4 is 11.6 Å². The molecule has 3 heterocycles. The lowest BCUT2D eigenvalue weighted by atomic mass is 10.1. The van der Waals surface area contributed by atoms with E-state index in [1.54, 1.807) is 6.20 Å². The molecule has 35 heavy (non-hydrogen) atoms. The number of imidazole rings is 1. The molecule has 5 nitrogen and oxygen atoms in total. The van der Waals surface area contributed by atoms with Gasteiger partial charge in [0.2, 0.25) is 5.91 Å². The fourth-order valence-electron chi connectivity index (χ4n) is 4.27. The van der Waals surface area contributed by atoms with Gasteiger partial charge in [0, 0.05) is 43.0 Å². The van der Waals surface area contributed by atoms with Crippen LogP contribution in [-0.4, -0.2) is 26.8 Å². The molecule has 3 aromatic heterocycles. The zero-order valence-corrected chi connectivity index (χ0v) is 19.8. The fourth-order valence-corrected chi connectivity index (χ4v) is 4.27. The third-order valence-electron chi connectivity index (χ3n) is 6.17. The molecule has 0 aliphatic carbocycles. The van der Waals surface area contributed by atoms with E-state index in [-0.39, 0.29) is 5.91 Å². The van der Waals surface area contributed by atoms with Crippen molar-refractivity contribution in [3.63, 3.8) is 0 Å². The lowest BCUT2D eigenvalue weighted by Gasteiger charge is -2.09. The third-order valence-corrected chi connectivity index (χ3v) is 6.17. The first-order valence-electron chi connectivity index (χ1n) is 12.0. The van der Waals surface area contributed by atoms with Crippen LogP contribution >= 0.6 is 0 Å². The second-order valence-corrected chi connectivity index (χ2v) is 8.71. The molecular weight excluding hydrogens is 432 g/mol. The summed E-state index contributed by atoms with van der Waals surface area (Å²) >= 11 is 0. The SMILES string of the molecule is Cc1ccc(-c2nc3ccc(-c4ccccc4)cn3c2CCC(=O)NCCc2ccccn2)cc1. The van der Waals surface area contributed by atoms with E-state index in [1.165, 1.54) is 5.56 Å². The molecule has 0 atom stereocenters. The van der Waals surface area contributed by atoms with E-state index in [2.05, 4.69) is 76.4 Å². The lowest BCUT2D eigenvalue weighted by Crippen LogP contribution is -2.26. The van der Waals surface area contributed by atoms with Gasteiger partial charge in [0.05, 0.1) is 11.4 Å². The highest BCUT2D eigenvalue weighted by Crippen LogP contribution is 2.28. The predicted molar refractivity (Wildman–Crippen MR) is 140 cm³/mol. The second-order valence-electron chi connectivity index (χ2n) is 8.71. The number of rotatable bonds is 8. The van der Waals surface area contributed by atoms with Gasteiger partial charge in [0.25, 0.3) is 0 Å². The molecule has 0 aliphatic heterocycles. The summed E-state index contributed by atoms with van der Waals surface area (Å²) in [4.78, 5) is 22.0. The van der Waals surface area contributed by atoms with E-state index in [0.717, 1.165) is 45.8 Å². The summed E-state index contributed by atoms with van der Waals surface area (Å²) < 4.78 is 2.14. The van der Waals surface area contributed by atoms with Crippen molar-refractivity contribution in [3.8, 4) is 22.4 Å². The van der Waals surface area contributed by atoms with Crippen LogP contribution in [0.5, 0.6) is 0 Å². The molecule has 0 radical (unpaired) electrons. The maximum absolute atomic E-state index is 12.7. The smallest absolute Gasteiger partial charge is 0.220 e. The van der Waals surface area contributed by atoms with Gasteiger partial charge in [-0.05, 0) is 48.7 Å². The summed E-state index contributed by atoms with van der Waals surface area (Å²) in [6.45, 7) is 2.65. The van der Waals surface area contributed by atoms with Gasteiger partial charge in [-0.3, -0.25) is 9.78 Å². The Balaban J connectivity index is 1.40. The van der Waals surface area contributed by atoms with E-state index in [4.69, 9.17) is 4.98 Å². The predicted octanol–water partition coefficient (Wildman–Crippen LogP) is 5.66. The number of aryl methyl sites for hydroxylation is 2. The minimum absolute atomic E-state index is 0.0324. The number of nitrogens with zero attached hydrogens (tertiary/aromatic N) is 3. The summed E-state index contributed by atoms with van der Waals surface area (Å²) in [6, 6.07) is 28.7. The zero-order valence-electron chi connectivity index (χ0n) is 19.8. The average Bonchev–Trinajstić information content (AvgIpc) is 3.27. The minimum atomic E-state index is 0.0324.